The standard InChI is InChI=1S/C21H18N6O4S/c1-3-31-20(28)13-5-4-6-14(10-13)24-18-17(27(29)30)19(23-11-22-18)26-21-25-15-8-7-12(2)9-16(15)32-21/h4-11H,3H2,1-2H3,(H2,22,23,24,25,26). The van der Waals surface area contributed by atoms with Gasteiger partial charge in [-0.1, -0.05) is 23.5 Å². The fourth-order valence-electron chi connectivity index (χ4n) is 3.00. The molecule has 0 atom stereocenters. The number of nitrogens with one attached hydrogen (secondary N) is 2. The number of hydrogen-bond acceptors (Lipinski definition) is 10. The average Bonchev–Trinajstić information content (AvgIpc) is 3.15. The summed E-state index contributed by atoms with van der Waals surface area (Å²) in [5.74, 6) is -0.503. The van der Waals surface area contributed by atoms with Crippen LogP contribution in [0.15, 0.2) is 48.8 Å². The lowest BCUT2D eigenvalue weighted by atomic mass is 10.2. The van der Waals surface area contributed by atoms with Crippen molar-refractivity contribution in [2.24, 2.45) is 0 Å². The van der Waals surface area contributed by atoms with E-state index in [0.29, 0.717) is 16.4 Å². The molecule has 0 fully saturated rings. The van der Waals surface area contributed by atoms with E-state index in [1.807, 2.05) is 25.1 Å². The zero-order valence-corrected chi connectivity index (χ0v) is 18.0. The van der Waals surface area contributed by atoms with Gasteiger partial charge in [0.15, 0.2) is 5.13 Å². The van der Waals surface area contributed by atoms with Crippen LogP contribution in [0.1, 0.15) is 22.8 Å². The van der Waals surface area contributed by atoms with Gasteiger partial charge in [0.1, 0.15) is 6.33 Å². The van der Waals surface area contributed by atoms with Gasteiger partial charge >= 0.3 is 11.7 Å². The predicted molar refractivity (Wildman–Crippen MR) is 122 cm³/mol. The maximum atomic E-state index is 12.0. The topological polar surface area (TPSA) is 132 Å². The SMILES string of the molecule is CCOC(=O)c1cccc(Nc2ncnc(Nc3nc4ccc(C)cc4s3)c2[N+](=O)[O-])c1. The van der Waals surface area contributed by atoms with E-state index < -0.39 is 10.9 Å². The number of rotatable bonds is 7. The Morgan fingerprint density at radius 3 is 2.69 bits per heavy atom. The molecule has 0 saturated carbocycles. The zero-order chi connectivity index (χ0) is 22.7. The number of benzene rings is 2. The molecule has 0 bridgehead atoms. The highest BCUT2D eigenvalue weighted by atomic mass is 32.1. The second-order valence-electron chi connectivity index (χ2n) is 6.72. The van der Waals surface area contributed by atoms with Gasteiger partial charge in [0.2, 0.25) is 11.6 Å². The van der Waals surface area contributed by atoms with Crippen LogP contribution in [0.4, 0.5) is 28.1 Å². The zero-order valence-electron chi connectivity index (χ0n) is 17.2. The highest BCUT2D eigenvalue weighted by molar-refractivity contribution is 7.22. The number of hydrogen-bond donors (Lipinski definition) is 2. The van der Waals surface area contributed by atoms with Crippen LogP contribution in [0.2, 0.25) is 0 Å². The van der Waals surface area contributed by atoms with E-state index in [4.69, 9.17) is 4.74 Å². The van der Waals surface area contributed by atoms with E-state index in [9.17, 15) is 14.9 Å². The third kappa shape index (κ3) is 4.47. The first kappa shape index (κ1) is 21.1. The van der Waals surface area contributed by atoms with Gasteiger partial charge in [0.05, 0.1) is 27.3 Å². The molecule has 0 aliphatic rings. The minimum absolute atomic E-state index is 0.00447. The van der Waals surface area contributed by atoms with Crippen molar-refractivity contribution in [2.75, 3.05) is 17.2 Å². The van der Waals surface area contributed by atoms with E-state index in [1.165, 1.54) is 23.7 Å². The Bertz CT molecular complexity index is 1320. The fraction of sp³-hybridized carbons (Fsp3) is 0.143. The minimum Gasteiger partial charge on any atom is -0.462 e. The van der Waals surface area contributed by atoms with Gasteiger partial charge in [-0.25, -0.2) is 19.7 Å². The summed E-state index contributed by atoms with van der Waals surface area (Å²) in [6, 6.07) is 12.3. The monoisotopic (exact) mass is 450 g/mol. The molecule has 2 N–H and O–H groups in total. The van der Waals surface area contributed by atoms with Gasteiger partial charge in [0, 0.05) is 5.69 Å². The molecule has 2 heterocycles. The predicted octanol–water partition coefficient (Wildman–Crippen LogP) is 4.97. The van der Waals surface area contributed by atoms with E-state index in [0.717, 1.165) is 15.8 Å². The second-order valence-corrected chi connectivity index (χ2v) is 7.75. The number of aromatic nitrogens is 3. The first-order valence-electron chi connectivity index (χ1n) is 9.62. The van der Waals surface area contributed by atoms with E-state index in [1.54, 1.807) is 25.1 Å². The normalized spacial score (nSPS) is 10.7. The number of carbonyl (C=O) groups is 1. The molecular weight excluding hydrogens is 432 g/mol. The maximum Gasteiger partial charge on any atom is 0.353 e. The Labute approximate surface area is 186 Å². The molecule has 0 amide bonds. The van der Waals surface area contributed by atoms with Crippen LogP contribution in [-0.2, 0) is 4.74 Å². The van der Waals surface area contributed by atoms with Gasteiger partial charge in [-0.15, -0.1) is 0 Å². The third-order valence-corrected chi connectivity index (χ3v) is 5.34. The number of esters is 1. The van der Waals surface area contributed by atoms with Gasteiger partial charge < -0.3 is 15.4 Å². The number of fused-ring (bicyclic) bond motifs is 1. The number of anilines is 4. The van der Waals surface area contributed by atoms with Crippen molar-refractivity contribution in [1.29, 1.82) is 0 Å². The summed E-state index contributed by atoms with van der Waals surface area (Å²) in [5, 5.41) is 18.2. The molecule has 162 valence electrons. The molecule has 4 rings (SSSR count). The first-order chi connectivity index (χ1) is 15.4. The van der Waals surface area contributed by atoms with Crippen LogP contribution in [0.3, 0.4) is 0 Å². The molecule has 2 aromatic carbocycles. The van der Waals surface area contributed by atoms with Crippen molar-refractivity contribution in [3.8, 4) is 0 Å². The Morgan fingerprint density at radius 2 is 1.94 bits per heavy atom. The summed E-state index contributed by atoms with van der Waals surface area (Å²) in [6.45, 7) is 3.94. The maximum absolute atomic E-state index is 12.0. The first-order valence-corrected chi connectivity index (χ1v) is 10.4. The molecule has 0 aliphatic carbocycles. The van der Waals surface area contributed by atoms with Crippen LogP contribution in [0, 0.1) is 17.0 Å². The molecule has 0 spiro atoms. The summed E-state index contributed by atoms with van der Waals surface area (Å²) in [4.78, 5) is 35.8. The summed E-state index contributed by atoms with van der Waals surface area (Å²) >= 11 is 1.37. The smallest absolute Gasteiger partial charge is 0.353 e. The number of aryl methyl sites for hydroxylation is 1. The lowest BCUT2D eigenvalue weighted by molar-refractivity contribution is -0.383. The molecule has 0 radical (unpaired) electrons. The Kier molecular flexibility index (Phi) is 5.90. The number of nitrogens with zero attached hydrogens (tertiary/aromatic N) is 4. The van der Waals surface area contributed by atoms with Gasteiger partial charge in [-0.05, 0) is 49.7 Å². The van der Waals surface area contributed by atoms with Crippen molar-refractivity contribution in [3.63, 3.8) is 0 Å². The number of ether oxygens (including phenoxy) is 1. The van der Waals surface area contributed by atoms with Crippen molar-refractivity contribution < 1.29 is 14.5 Å². The van der Waals surface area contributed by atoms with Crippen molar-refractivity contribution in [2.45, 2.75) is 13.8 Å². The largest absolute Gasteiger partial charge is 0.462 e. The highest BCUT2D eigenvalue weighted by Gasteiger charge is 2.24. The van der Waals surface area contributed by atoms with Crippen LogP contribution >= 0.6 is 11.3 Å². The van der Waals surface area contributed by atoms with Crippen LogP contribution in [-0.4, -0.2) is 32.5 Å². The number of nitro groups is 1. The highest BCUT2D eigenvalue weighted by Crippen LogP contribution is 2.35. The van der Waals surface area contributed by atoms with Gasteiger partial charge in [-0.2, -0.15) is 0 Å². The summed E-state index contributed by atoms with van der Waals surface area (Å²) in [6.07, 6.45) is 1.21. The quantitative estimate of drug-likeness (QED) is 0.227. The minimum atomic E-state index is -0.572. The lowest BCUT2D eigenvalue weighted by Gasteiger charge is -2.10. The Hall–Kier alpha value is -4.12. The van der Waals surface area contributed by atoms with Crippen LogP contribution in [0.25, 0.3) is 10.2 Å². The molecule has 0 saturated heterocycles. The van der Waals surface area contributed by atoms with Crippen LogP contribution < -0.4 is 10.6 Å². The fourth-order valence-corrected chi connectivity index (χ4v) is 3.96. The molecule has 0 unspecified atom stereocenters. The van der Waals surface area contributed by atoms with Crippen molar-refractivity contribution in [1.82, 2.24) is 15.0 Å². The van der Waals surface area contributed by atoms with E-state index in [2.05, 4.69) is 25.6 Å². The van der Waals surface area contributed by atoms with Crippen LogP contribution in [0.5, 0.6) is 0 Å². The summed E-state index contributed by atoms with van der Waals surface area (Å²) in [7, 11) is 0. The van der Waals surface area contributed by atoms with Gasteiger partial charge in [0.25, 0.3) is 0 Å². The molecule has 4 aromatic rings. The second kappa shape index (κ2) is 8.94. The molecular formula is C21H18N6O4S. The lowest BCUT2D eigenvalue weighted by Crippen LogP contribution is -2.07. The van der Waals surface area contributed by atoms with Gasteiger partial charge in [-0.3, -0.25) is 10.1 Å². The summed E-state index contributed by atoms with van der Waals surface area (Å²) in [5.41, 5.74) is 2.30. The van der Waals surface area contributed by atoms with Crippen molar-refractivity contribution in [3.05, 3.63) is 70.0 Å². The number of carbonyl (C=O) groups excluding carboxylic acids is 1. The summed E-state index contributed by atoms with van der Waals surface area (Å²) < 4.78 is 5.95. The number of thiazole rings is 1. The Morgan fingerprint density at radius 1 is 1.16 bits per heavy atom. The Balaban J connectivity index is 1.65. The van der Waals surface area contributed by atoms with E-state index in [-0.39, 0.29) is 23.9 Å². The molecule has 2 aromatic heterocycles. The molecule has 10 nitrogen and oxygen atoms in total. The average molecular weight is 450 g/mol. The molecule has 11 heteroatoms. The molecule has 32 heavy (non-hydrogen) atoms. The van der Waals surface area contributed by atoms with Crippen molar-refractivity contribution >= 4 is 55.7 Å². The van der Waals surface area contributed by atoms with E-state index >= 15 is 0 Å². The third-order valence-electron chi connectivity index (χ3n) is 4.41. The molecule has 0 aliphatic heterocycles.